The molecule has 0 bridgehead atoms. The second kappa shape index (κ2) is 5.56. The molecule has 0 radical (unpaired) electrons. The molecule has 0 heterocycles. The van der Waals surface area contributed by atoms with E-state index >= 15 is 0 Å². The SMILES string of the molecule is O=S(=O)(NCl)c1ccc(Cl)cc1.[H-].[Na+]. The van der Waals surface area contributed by atoms with Crippen LogP contribution in [0.25, 0.3) is 0 Å². The van der Waals surface area contributed by atoms with Gasteiger partial charge in [0.25, 0.3) is 10.0 Å². The monoisotopic (exact) mass is 249 g/mol. The Morgan fingerprint density at radius 1 is 1.23 bits per heavy atom. The largest absolute Gasteiger partial charge is 1.00 e. The molecular weight excluding hydrogens is 244 g/mol. The van der Waals surface area contributed by atoms with Crippen LogP contribution in [0.2, 0.25) is 5.02 Å². The first-order valence-electron chi connectivity index (χ1n) is 2.94. The summed E-state index contributed by atoms with van der Waals surface area (Å²) in [6, 6.07) is 5.69. The van der Waals surface area contributed by atoms with Crippen LogP contribution in [0.5, 0.6) is 0 Å². The first-order valence-corrected chi connectivity index (χ1v) is 5.18. The van der Waals surface area contributed by atoms with E-state index < -0.39 is 10.0 Å². The zero-order valence-corrected chi connectivity index (χ0v) is 11.1. The quantitative estimate of drug-likeness (QED) is 0.534. The van der Waals surface area contributed by atoms with Crippen molar-refractivity contribution in [3.63, 3.8) is 0 Å². The van der Waals surface area contributed by atoms with E-state index in [2.05, 4.69) is 0 Å². The standard InChI is InChI=1S/C6H5Cl2NO2S.Na.H/c7-5-1-3-6(4-2-5)12(10,11)9-8;;/h1-4,9H;;/q;+1;-1. The predicted octanol–water partition coefficient (Wildman–Crippen LogP) is -1.11. The van der Waals surface area contributed by atoms with E-state index in [1.807, 2.05) is 0 Å². The normalized spacial score (nSPS) is 10.6. The van der Waals surface area contributed by atoms with Crippen LogP contribution in [0, 0.1) is 0 Å². The average molecular weight is 250 g/mol. The Kier molecular flexibility index (Phi) is 5.86. The minimum atomic E-state index is -3.56. The van der Waals surface area contributed by atoms with Crippen LogP contribution in [-0.4, -0.2) is 8.42 Å². The third kappa shape index (κ3) is 3.75. The number of rotatable bonds is 2. The van der Waals surface area contributed by atoms with Crippen LogP contribution >= 0.6 is 23.4 Å². The van der Waals surface area contributed by atoms with Gasteiger partial charge in [-0.3, -0.25) is 0 Å². The molecule has 13 heavy (non-hydrogen) atoms. The van der Waals surface area contributed by atoms with Gasteiger partial charge in [0, 0.05) is 5.02 Å². The summed E-state index contributed by atoms with van der Waals surface area (Å²) in [6.45, 7) is 0. The molecule has 1 aromatic carbocycles. The zero-order chi connectivity index (χ0) is 9.19. The second-order valence-electron chi connectivity index (χ2n) is 2.03. The van der Waals surface area contributed by atoms with E-state index in [0.717, 1.165) is 0 Å². The van der Waals surface area contributed by atoms with Crippen LogP contribution < -0.4 is 33.8 Å². The number of hydrogen-bond acceptors (Lipinski definition) is 2. The molecule has 7 heteroatoms. The summed E-state index contributed by atoms with van der Waals surface area (Å²) in [6.07, 6.45) is 0. The molecule has 3 nitrogen and oxygen atoms in total. The summed E-state index contributed by atoms with van der Waals surface area (Å²) in [7, 11) is -3.56. The predicted molar refractivity (Wildman–Crippen MR) is 48.7 cm³/mol. The van der Waals surface area contributed by atoms with E-state index in [0.29, 0.717) is 5.02 Å². The summed E-state index contributed by atoms with van der Waals surface area (Å²) in [4.78, 5) is 0.0851. The molecule has 0 aromatic heterocycles. The summed E-state index contributed by atoms with van der Waals surface area (Å²) in [5.41, 5.74) is 0. The zero-order valence-electron chi connectivity index (χ0n) is 7.79. The third-order valence-corrected chi connectivity index (χ3v) is 3.18. The van der Waals surface area contributed by atoms with Crippen LogP contribution in [0.1, 0.15) is 1.43 Å². The van der Waals surface area contributed by atoms with Crippen LogP contribution in [0.3, 0.4) is 0 Å². The van der Waals surface area contributed by atoms with Gasteiger partial charge in [-0.1, -0.05) is 11.6 Å². The third-order valence-electron chi connectivity index (χ3n) is 1.23. The fraction of sp³-hybridized carbons (Fsp3) is 0. The number of sulfonamides is 1. The van der Waals surface area contributed by atoms with Crippen LogP contribution in [-0.2, 0) is 10.0 Å². The molecule has 0 saturated heterocycles. The molecule has 0 spiro atoms. The van der Waals surface area contributed by atoms with Gasteiger partial charge in [-0.25, -0.2) is 8.42 Å². The van der Waals surface area contributed by atoms with Crippen molar-refractivity contribution < 1.29 is 39.4 Å². The molecule has 68 valence electrons. The Labute approximate surface area is 110 Å². The number of halogens is 2. The molecular formula is C6H6Cl2NNaO2S. The van der Waals surface area contributed by atoms with Crippen molar-refractivity contribution in [2.45, 2.75) is 4.90 Å². The maximum absolute atomic E-state index is 11.0. The summed E-state index contributed by atoms with van der Waals surface area (Å²) in [5, 5.41) is 0.475. The maximum Gasteiger partial charge on any atom is 1.00 e. The average Bonchev–Trinajstić information content (AvgIpc) is 2.05. The van der Waals surface area contributed by atoms with E-state index in [1.165, 1.54) is 24.3 Å². The van der Waals surface area contributed by atoms with Crippen LogP contribution in [0.4, 0.5) is 0 Å². The van der Waals surface area contributed by atoms with E-state index in [9.17, 15) is 8.42 Å². The first-order chi connectivity index (χ1) is 5.56. The first kappa shape index (κ1) is 13.7. The molecule has 0 amide bonds. The molecule has 0 aliphatic carbocycles. The van der Waals surface area contributed by atoms with E-state index in [4.69, 9.17) is 23.4 Å². The Morgan fingerprint density at radius 3 is 2.08 bits per heavy atom. The topological polar surface area (TPSA) is 46.2 Å². The molecule has 0 fully saturated rings. The van der Waals surface area contributed by atoms with Gasteiger partial charge in [0.15, 0.2) is 0 Å². The Bertz CT molecular complexity index is 370. The molecule has 0 saturated carbocycles. The van der Waals surface area contributed by atoms with Crippen molar-refractivity contribution in [3.8, 4) is 0 Å². The number of benzene rings is 1. The van der Waals surface area contributed by atoms with Gasteiger partial charge in [-0.2, -0.15) is 0 Å². The van der Waals surface area contributed by atoms with Gasteiger partial charge in [0.1, 0.15) is 0 Å². The molecule has 1 rings (SSSR count). The second-order valence-corrected chi connectivity index (χ2v) is 4.57. The van der Waals surface area contributed by atoms with Crippen molar-refractivity contribution in [1.29, 1.82) is 0 Å². The van der Waals surface area contributed by atoms with Gasteiger partial charge in [-0.05, 0) is 36.0 Å². The van der Waals surface area contributed by atoms with Gasteiger partial charge >= 0.3 is 29.6 Å². The Hall–Kier alpha value is 0.710. The minimum absolute atomic E-state index is 0. The minimum Gasteiger partial charge on any atom is -1.00 e. The van der Waals surface area contributed by atoms with Crippen molar-refractivity contribution in [3.05, 3.63) is 29.3 Å². The molecule has 1 N–H and O–H groups in total. The summed E-state index contributed by atoms with van der Waals surface area (Å²) >= 11 is 10.6. The van der Waals surface area contributed by atoms with E-state index in [1.54, 1.807) is 4.24 Å². The van der Waals surface area contributed by atoms with Crippen molar-refractivity contribution in [2.75, 3.05) is 0 Å². The molecule has 0 aliphatic rings. The smallest absolute Gasteiger partial charge is 1.00 e. The van der Waals surface area contributed by atoms with Gasteiger partial charge in [0.05, 0.1) is 4.90 Å². The number of hydrogen-bond donors (Lipinski definition) is 1. The molecule has 0 unspecified atom stereocenters. The van der Waals surface area contributed by atoms with Gasteiger partial charge < -0.3 is 1.43 Å². The Balaban J connectivity index is 0. The van der Waals surface area contributed by atoms with Gasteiger partial charge in [0.2, 0.25) is 0 Å². The number of nitrogens with one attached hydrogen (secondary N) is 1. The summed E-state index contributed by atoms with van der Waals surface area (Å²) in [5.74, 6) is 0. The summed E-state index contributed by atoms with van der Waals surface area (Å²) < 4.78 is 23.7. The van der Waals surface area contributed by atoms with E-state index in [-0.39, 0.29) is 35.9 Å². The van der Waals surface area contributed by atoms with Crippen molar-refractivity contribution in [2.24, 2.45) is 0 Å². The maximum atomic E-state index is 11.0. The van der Waals surface area contributed by atoms with Crippen LogP contribution in [0.15, 0.2) is 29.2 Å². The molecule has 0 atom stereocenters. The Morgan fingerprint density at radius 2 is 1.69 bits per heavy atom. The fourth-order valence-corrected chi connectivity index (χ4v) is 1.64. The fourth-order valence-electron chi connectivity index (χ4n) is 0.658. The molecule has 0 aliphatic heterocycles. The molecule has 1 aromatic rings. The van der Waals surface area contributed by atoms with Crippen molar-refractivity contribution in [1.82, 2.24) is 4.24 Å². The van der Waals surface area contributed by atoms with Crippen molar-refractivity contribution >= 4 is 33.4 Å². The van der Waals surface area contributed by atoms with Gasteiger partial charge in [-0.15, -0.1) is 4.24 Å².